The van der Waals surface area contributed by atoms with Crippen molar-refractivity contribution in [1.29, 1.82) is 5.26 Å². The number of nitrogens with one attached hydrogen (secondary N) is 1. The summed E-state index contributed by atoms with van der Waals surface area (Å²) in [7, 11) is 0. The maximum absolute atomic E-state index is 12.9. The van der Waals surface area contributed by atoms with E-state index in [-0.39, 0.29) is 11.2 Å². The first kappa shape index (κ1) is 21.6. The third kappa shape index (κ3) is 5.00. The summed E-state index contributed by atoms with van der Waals surface area (Å²) in [6.07, 6.45) is 4.52. The number of aromatic nitrogens is 3. The smallest absolute Gasteiger partial charge is 0.234 e. The predicted molar refractivity (Wildman–Crippen MR) is 124 cm³/mol. The fourth-order valence-electron chi connectivity index (χ4n) is 3.84. The summed E-state index contributed by atoms with van der Waals surface area (Å²) in [5, 5.41) is 23.9. The summed E-state index contributed by atoms with van der Waals surface area (Å²) in [5.41, 5.74) is 0.411. The number of amides is 1. The molecule has 1 unspecified atom stereocenters. The van der Waals surface area contributed by atoms with Gasteiger partial charge in [0.2, 0.25) is 5.91 Å². The molecule has 1 aromatic carbocycles. The van der Waals surface area contributed by atoms with Crippen LogP contribution in [-0.2, 0) is 11.3 Å². The number of rotatable bonds is 7. The second-order valence-electron chi connectivity index (χ2n) is 7.86. The number of nitrogens with zero attached hydrogens (tertiary/aromatic N) is 4. The van der Waals surface area contributed by atoms with Gasteiger partial charge in [-0.05, 0) is 36.8 Å². The third-order valence-corrected chi connectivity index (χ3v) is 7.52. The van der Waals surface area contributed by atoms with Crippen molar-refractivity contribution >= 4 is 29.0 Å². The highest BCUT2D eigenvalue weighted by atomic mass is 32.2. The Morgan fingerprint density at radius 3 is 2.68 bits per heavy atom. The Morgan fingerprint density at radius 2 is 2.00 bits per heavy atom. The quantitative estimate of drug-likeness (QED) is 0.518. The Kier molecular flexibility index (Phi) is 6.73. The van der Waals surface area contributed by atoms with Gasteiger partial charge in [0, 0.05) is 0 Å². The topological polar surface area (TPSA) is 83.6 Å². The normalized spacial score (nSPS) is 16.4. The van der Waals surface area contributed by atoms with Crippen LogP contribution >= 0.6 is 23.1 Å². The number of carbonyl (C=O) groups excluding carboxylic acids is 1. The zero-order chi connectivity index (χ0) is 21.7. The Labute approximate surface area is 190 Å². The van der Waals surface area contributed by atoms with Gasteiger partial charge in [-0.25, -0.2) is 0 Å². The van der Waals surface area contributed by atoms with Crippen molar-refractivity contribution in [2.75, 3.05) is 0 Å². The molecule has 1 aliphatic carbocycles. The highest BCUT2D eigenvalue weighted by molar-refractivity contribution is 8.00. The second kappa shape index (κ2) is 9.67. The van der Waals surface area contributed by atoms with Crippen LogP contribution in [0.5, 0.6) is 0 Å². The Balaban J connectivity index is 1.54. The molecule has 6 nitrogen and oxygen atoms in total. The van der Waals surface area contributed by atoms with Crippen molar-refractivity contribution in [3.05, 3.63) is 53.4 Å². The molecule has 31 heavy (non-hydrogen) atoms. The van der Waals surface area contributed by atoms with Crippen LogP contribution < -0.4 is 5.32 Å². The van der Waals surface area contributed by atoms with Gasteiger partial charge in [0.15, 0.2) is 11.0 Å². The van der Waals surface area contributed by atoms with Crippen LogP contribution in [0, 0.1) is 11.3 Å². The molecule has 4 rings (SSSR count). The summed E-state index contributed by atoms with van der Waals surface area (Å²) in [4.78, 5) is 14.0. The number of thioether (sulfide) groups is 1. The number of hydrogen-bond acceptors (Lipinski definition) is 6. The molecule has 1 saturated carbocycles. The standard InChI is InChI=1S/C23H25N5OS2/c1-17(21(29)25-23(16-24)12-6-3-7-13-23)31-22-27-26-20(19-11-8-14-30-19)28(22)15-18-9-4-2-5-10-18/h2,4-5,8-11,14,17H,3,6-7,12-13,15H2,1H3,(H,25,29). The van der Waals surface area contributed by atoms with Gasteiger partial charge < -0.3 is 5.32 Å². The van der Waals surface area contributed by atoms with Crippen molar-refractivity contribution in [1.82, 2.24) is 20.1 Å². The molecule has 0 spiro atoms. The summed E-state index contributed by atoms with van der Waals surface area (Å²) in [5.74, 6) is 0.676. The lowest BCUT2D eigenvalue weighted by Gasteiger charge is -2.32. The average Bonchev–Trinajstić information content (AvgIpc) is 3.45. The second-order valence-corrected chi connectivity index (χ2v) is 10.1. The Hall–Kier alpha value is -2.63. The van der Waals surface area contributed by atoms with Gasteiger partial charge in [-0.1, -0.05) is 67.4 Å². The van der Waals surface area contributed by atoms with Crippen molar-refractivity contribution < 1.29 is 4.79 Å². The molecule has 3 aromatic rings. The van der Waals surface area contributed by atoms with E-state index in [0.717, 1.165) is 48.4 Å². The van der Waals surface area contributed by atoms with E-state index < -0.39 is 5.54 Å². The van der Waals surface area contributed by atoms with E-state index in [1.807, 2.05) is 42.6 Å². The van der Waals surface area contributed by atoms with Gasteiger partial charge in [-0.2, -0.15) is 5.26 Å². The molecule has 0 bridgehead atoms. The van der Waals surface area contributed by atoms with Crippen LogP contribution in [0.4, 0.5) is 0 Å². The number of benzene rings is 1. The average molecular weight is 452 g/mol. The van der Waals surface area contributed by atoms with Crippen molar-refractivity contribution in [3.63, 3.8) is 0 Å². The summed E-state index contributed by atoms with van der Waals surface area (Å²) >= 11 is 3.00. The minimum Gasteiger partial charge on any atom is -0.337 e. The molecule has 1 amide bonds. The van der Waals surface area contributed by atoms with Gasteiger partial charge in [-0.3, -0.25) is 9.36 Å². The molecule has 1 atom stereocenters. The van der Waals surface area contributed by atoms with E-state index in [1.54, 1.807) is 11.3 Å². The first-order valence-corrected chi connectivity index (χ1v) is 12.3. The van der Waals surface area contributed by atoms with Gasteiger partial charge in [0.25, 0.3) is 0 Å². The van der Waals surface area contributed by atoms with Crippen molar-refractivity contribution in [2.24, 2.45) is 0 Å². The summed E-state index contributed by atoms with van der Waals surface area (Å²) < 4.78 is 2.07. The molecule has 1 N–H and O–H groups in total. The maximum atomic E-state index is 12.9. The highest BCUT2D eigenvalue weighted by Gasteiger charge is 2.35. The fraction of sp³-hybridized carbons (Fsp3) is 0.391. The fourth-order valence-corrected chi connectivity index (χ4v) is 5.41. The van der Waals surface area contributed by atoms with E-state index in [1.165, 1.54) is 11.8 Å². The zero-order valence-electron chi connectivity index (χ0n) is 17.5. The summed E-state index contributed by atoms with van der Waals surface area (Å²) in [6.45, 7) is 2.49. The van der Waals surface area contributed by atoms with E-state index >= 15 is 0 Å². The predicted octanol–water partition coefficient (Wildman–Crippen LogP) is 4.88. The number of carbonyl (C=O) groups is 1. The van der Waals surface area contributed by atoms with E-state index in [0.29, 0.717) is 11.7 Å². The van der Waals surface area contributed by atoms with Crippen LogP contribution in [0.2, 0.25) is 0 Å². The third-order valence-electron chi connectivity index (χ3n) is 5.58. The summed E-state index contributed by atoms with van der Waals surface area (Å²) in [6, 6.07) is 16.5. The minimum absolute atomic E-state index is 0.125. The van der Waals surface area contributed by atoms with E-state index in [4.69, 9.17) is 0 Å². The zero-order valence-corrected chi connectivity index (χ0v) is 19.1. The monoisotopic (exact) mass is 451 g/mol. The molecular weight excluding hydrogens is 426 g/mol. The molecule has 0 saturated heterocycles. The largest absolute Gasteiger partial charge is 0.337 e. The lowest BCUT2D eigenvalue weighted by Crippen LogP contribution is -2.51. The Bertz CT molecular complexity index is 1050. The van der Waals surface area contributed by atoms with Crippen LogP contribution in [0.15, 0.2) is 53.0 Å². The molecule has 1 fully saturated rings. The maximum Gasteiger partial charge on any atom is 0.234 e. The van der Waals surface area contributed by atoms with Crippen molar-refractivity contribution in [2.45, 2.75) is 61.5 Å². The highest BCUT2D eigenvalue weighted by Crippen LogP contribution is 2.32. The van der Waals surface area contributed by atoms with Crippen LogP contribution in [-0.4, -0.2) is 31.5 Å². The molecule has 0 aliphatic heterocycles. The SMILES string of the molecule is CC(Sc1nnc(-c2cccs2)n1Cc1ccccc1)C(=O)NC1(C#N)CCCCC1. The Morgan fingerprint density at radius 1 is 1.23 bits per heavy atom. The van der Waals surface area contributed by atoms with Crippen LogP contribution in [0.1, 0.15) is 44.6 Å². The molecule has 2 aromatic heterocycles. The first-order valence-electron chi connectivity index (χ1n) is 10.5. The number of thiophene rings is 1. The van der Waals surface area contributed by atoms with Crippen LogP contribution in [0.3, 0.4) is 0 Å². The van der Waals surface area contributed by atoms with Gasteiger partial charge in [0.1, 0.15) is 5.54 Å². The minimum atomic E-state index is -0.732. The molecule has 1 aliphatic rings. The number of nitriles is 1. The molecule has 2 heterocycles. The van der Waals surface area contributed by atoms with Gasteiger partial charge in [0.05, 0.1) is 22.7 Å². The van der Waals surface area contributed by atoms with Gasteiger partial charge >= 0.3 is 0 Å². The molecule has 8 heteroatoms. The van der Waals surface area contributed by atoms with Crippen LogP contribution in [0.25, 0.3) is 10.7 Å². The molecular formula is C23H25N5OS2. The molecule has 160 valence electrons. The number of hydrogen-bond donors (Lipinski definition) is 1. The molecule has 0 radical (unpaired) electrons. The first-order chi connectivity index (χ1) is 15.1. The lowest BCUT2D eigenvalue weighted by molar-refractivity contribution is -0.121. The van der Waals surface area contributed by atoms with E-state index in [2.05, 4.69) is 38.3 Å². The van der Waals surface area contributed by atoms with E-state index in [9.17, 15) is 10.1 Å². The van der Waals surface area contributed by atoms with Gasteiger partial charge in [-0.15, -0.1) is 21.5 Å². The lowest BCUT2D eigenvalue weighted by atomic mass is 9.83. The van der Waals surface area contributed by atoms with Crippen molar-refractivity contribution in [3.8, 4) is 16.8 Å².